The summed E-state index contributed by atoms with van der Waals surface area (Å²) in [5.41, 5.74) is 7.57. The van der Waals surface area contributed by atoms with Crippen molar-refractivity contribution in [2.75, 3.05) is 19.0 Å². The number of anilines is 2. The van der Waals surface area contributed by atoms with Gasteiger partial charge >= 0.3 is 5.97 Å². The van der Waals surface area contributed by atoms with E-state index in [0.29, 0.717) is 12.0 Å². The number of fused-ring (bicyclic) bond motifs is 1. The Kier molecular flexibility index (Phi) is 6.56. The van der Waals surface area contributed by atoms with E-state index in [2.05, 4.69) is 78.3 Å². The van der Waals surface area contributed by atoms with Crippen LogP contribution in [0.1, 0.15) is 58.4 Å². The maximum absolute atomic E-state index is 11.5. The summed E-state index contributed by atoms with van der Waals surface area (Å²) in [5, 5.41) is 9.44. The van der Waals surface area contributed by atoms with Crippen LogP contribution in [0.5, 0.6) is 0 Å². The van der Waals surface area contributed by atoms with E-state index in [9.17, 15) is 9.90 Å². The highest BCUT2D eigenvalue weighted by molar-refractivity contribution is 5.89. The number of carboxylic acids is 1. The third kappa shape index (κ3) is 4.53. The van der Waals surface area contributed by atoms with Crippen LogP contribution < -0.4 is 4.90 Å². The standard InChI is InChI=1S/C27H31N3O2/c1-4-5-19-6-9-22(10-7-19)30(3)23-11-12-24-21(16-23)18-29(2)26(24)13-8-20-17-28-15-14-25(20)27(31)32/h6-7,9-12,14-17,26H,4-5,8,13,18H2,1-3H3,(H,31,32)/t26-/m0/s1. The van der Waals surface area contributed by atoms with Crippen molar-refractivity contribution < 1.29 is 9.90 Å². The lowest BCUT2D eigenvalue weighted by atomic mass is 9.96. The molecule has 0 amide bonds. The Morgan fingerprint density at radius 3 is 2.59 bits per heavy atom. The molecule has 1 aliphatic rings. The van der Waals surface area contributed by atoms with E-state index in [4.69, 9.17) is 0 Å². The summed E-state index contributed by atoms with van der Waals surface area (Å²) in [4.78, 5) is 20.2. The zero-order chi connectivity index (χ0) is 22.7. The molecule has 0 saturated heterocycles. The van der Waals surface area contributed by atoms with E-state index in [0.717, 1.165) is 31.4 Å². The Hall–Kier alpha value is -3.18. The van der Waals surface area contributed by atoms with Gasteiger partial charge in [-0.15, -0.1) is 0 Å². The second-order valence-corrected chi connectivity index (χ2v) is 8.67. The SMILES string of the molecule is CCCc1ccc(N(C)c2ccc3c(c2)CN(C)[C@H]3CCc2cnccc2C(=O)O)cc1. The number of rotatable bonds is 8. The normalized spacial score (nSPS) is 15.5. The van der Waals surface area contributed by atoms with E-state index < -0.39 is 5.97 Å². The van der Waals surface area contributed by atoms with Crippen molar-refractivity contribution in [1.29, 1.82) is 0 Å². The van der Waals surface area contributed by atoms with Crippen LogP contribution in [-0.4, -0.2) is 35.1 Å². The Bertz CT molecular complexity index is 1090. The Labute approximate surface area is 190 Å². The summed E-state index contributed by atoms with van der Waals surface area (Å²) in [6.45, 7) is 3.10. The molecular weight excluding hydrogens is 398 g/mol. The first-order valence-corrected chi connectivity index (χ1v) is 11.3. The molecule has 3 aromatic rings. The van der Waals surface area contributed by atoms with E-state index in [-0.39, 0.29) is 6.04 Å². The Balaban J connectivity index is 1.50. The van der Waals surface area contributed by atoms with Crippen molar-refractivity contribution >= 4 is 17.3 Å². The molecule has 4 rings (SSSR count). The van der Waals surface area contributed by atoms with Gasteiger partial charge in [0.2, 0.25) is 0 Å². The molecule has 0 aliphatic carbocycles. The van der Waals surface area contributed by atoms with Gasteiger partial charge in [-0.25, -0.2) is 4.79 Å². The topological polar surface area (TPSA) is 56.7 Å². The summed E-state index contributed by atoms with van der Waals surface area (Å²) in [6.07, 6.45) is 7.05. The van der Waals surface area contributed by atoms with Crippen LogP contribution in [-0.2, 0) is 19.4 Å². The molecule has 5 heteroatoms. The number of pyridine rings is 1. The molecule has 0 radical (unpaired) electrons. The molecule has 0 bridgehead atoms. The fourth-order valence-corrected chi connectivity index (χ4v) is 4.71. The number of nitrogens with zero attached hydrogens (tertiary/aromatic N) is 3. The highest BCUT2D eigenvalue weighted by Crippen LogP contribution is 2.38. The molecule has 32 heavy (non-hydrogen) atoms. The zero-order valence-corrected chi connectivity index (χ0v) is 19.1. The van der Waals surface area contributed by atoms with Crippen LogP contribution in [0.25, 0.3) is 0 Å². The van der Waals surface area contributed by atoms with Crippen molar-refractivity contribution in [1.82, 2.24) is 9.88 Å². The number of aromatic nitrogens is 1. The van der Waals surface area contributed by atoms with Crippen molar-refractivity contribution in [3.8, 4) is 0 Å². The van der Waals surface area contributed by atoms with Gasteiger partial charge in [-0.05, 0) is 78.9 Å². The first-order valence-electron chi connectivity index (χ1n) is 11.3. The predicted molar refractivity (Wildman–Crippen MR) is 129 cm³/mol. The van der Waals surface area contributed by atoms with Crippen LogP contribution in [0.2, 0.25) is 0 Å². The quantitative estimate of drug-likeness (QED) is 0.504. The second kappa shape index (κ2) is 9.53. The smallest absolute Gasteiger partial charge is 0.336 e. The third-order valence-electron chi connectivity index (χ3n) is 6.51. The van der Waals surface area contributed by atoms with E-state index in [1.165, 1.54) is 28.1 Å². The maximum Gasteiger partial charge on any atom is 0.336 e. The highest BCUT2D eigenvalue weighted by Gasteiger charge is 2.28. The minimum absolute atomic E-state index is 0.277. The molecule has 2 aromatic carbocycles. The monoisotopic (exact) mass is 429 g/mol. The Morgan fingerprint density at radius 2 is 1.88 bits per heavy atom. The molecule has 5 nitrogen and oxygen atoms in total. The number of aromatic carboxylic acids is 1. The number of carboxylic acid groups (broad SMARTS) is 1. The highest BCUT2D eigenvalue weighted by atomic mass is 16.4. The van der Waals surface area contributed by atoms with Crippen molar-refractivity contribution in [2.45, 2.75) is 45.2 Å². The summed E-state index contributed by atoms with van der Waals surface area (Å²) < 4.78 is 0. The van der Waals surface area contributed by atoms with E-state index in [1.807, 2.05) is 0 Å². The van der Waals surface area contributed by atoms with Gasteiger partial charge in [0.05, 0.1) is 5.56 Å². The van der Waals surface area contributed by atoms with Crippen molar-refractivity contribution in [2.24, 2.45) is 0 Å². The average Bonchev–Trinajstić information content (AvgIpc) is 3.12. The minimum Gasteiger partial charge on any atom is -0.478 e. The average molecular weight is 430 g/mol. The molecular formula is C27H31N3O2. The lowest BCUT2D eigenvalue weighted by Crippen LogP contribution is -2.17. The van der Waals surface area contributed by atoms with Gasteiger partial charge in [-0.2, -0.15) is 0 Å². The number of hydrogen-bond acceptors (Lipinski definition) is 4. The number of aryl methyl sites for hydroxylation is 2. The molecule has 0 saturated carbocycles. The number of carbonyl (C=O) groups is 1. The lowest BCUT2D eigenvalue weighted by molar-refractivity contribution is 0.0695. The summed E-state index contributed by atoms with van der Waals surface area (Å²) in [6, 6.07) is 17.4. The summed E-state index contributed by atoms with van der Waals surface area (Å²) in [5.74, 6) is -0.891. The van der Waals surface area contributed by atoms with Gasteiger partial charge in [-0.3, -0.25) is 9.88 Å². The fraction of sp³-hybridized carbons (Fsp3) is 0.333. The first kappa shape index (κ1) is 22.0. The van der Waals surface area contributed by atoms with Crippen molar-refractivity contribution in [3.63, 3.8) is 0 Å². The molecule has 0 unspecified atom stereocenters. The Morgan fingerprint density at radius 1 is 1.12 bits per heavy atom. The molecule has 1 aliphatic heterocycles. The fourth-order valence-electron chi connectivity index (χ4n) is 4.71. The second-order valence-electron chi connectivity index (χ2n) is 8.67. The van der Waals surface area contributed by atoms with Gasteiger partial charge < -0.3 is 10.0 Å². The first-order chi connectivity index (χ1) is 15.5. The molecule has 1 N–H and O–H groups in total. The summed E-state index contributed by atoms with van der Waals surface area (Å²) in [7, 11) is 4.25. The van der Waals surface area contributed by atoms with Crippen LogP contribution in [0.3, 0.4) is 0 Å². The minimum atomic E-state index is -0.891. The predicted octanol–water partition coefficient (Wildman–Crippen LogP) is 5.62. The molecule has 1 atom stereocenters. The van der Waals surface area contributed by atoms with Gasteiger partial charge in [0.25, 0.3) is 0 Å². The number of hydrogen-bond donors (Lipinski definition) is 1. The van der Waals surface area contributed by atoms with Gasteiger partial charge in [-0.1, -0.05) is 31.5 Å². The zero-order valence-electron chi connectivity index (χ0n) is 19.1. The van der Waals surface area contributed by atoms with Crippen LogP contribution in [0.15, 0.2) is 60.9 Å². The maximum atomic E-state index is 11.5. The van der Waals surface area contributed by atoms with E-state index in [1.54, 1.807) is 18.5 Å². The molecule has 0 spiro atoms. The van der Waals surface area contributed by atoms with E-state index >= 15 is 0 Å². The van der Waals surface area contributed by atoms with Gasteiger partial charge in [0.15, 0.2) is 0 Å². The lowest BCUT2D eigenvalue weighted by Gasteiger charge is -2.22. The van der Waals surface area contributed by atoms with Crippen LogP contribution >= 0.6 is 0 Å². The summed E-state index contributed by atoms with van der Waals surface area (Å²) >= 11 is 0. The van der Waals surface area contributed by atoms with Crippen LogP contribution in [0.4, 0.5) is 11.4 Å². The third-order valence-corrected chi connectivity index (χ3v) is 6.51. The molecule has 2 heterocycles. The molecule has 0 fully saturated rings. The van der Waals surface area contributed by atoms with Gasteiger partial charge in [0.1, 0.15) is 0 Å². The molecule has 1 aromatic heterocycles. The van der Waals surface area contributed by atoms with Crippen LogP contribution in [0, 0.1) is 0 Å². The molecule has 166 valence electrons. The van der Waals surface area contributed by atoms with Gasteiger partial charge in [0, 0.05) is 43.4 Å². The largest absolute Gasteiger partial charge is 0.478 e. The number of benzene rings is 2. The van der Waals surface area contributed by atoms with Crippen molar-refractivity contribution in [3.05, 3.63) is 88.7 Å².